The average molecular weight is 674 g/mol. The van der Waals surface area contributed by atoms with Crippen LogP contribution < -0.4 is 14.4 Å². The molecular weight excluding hydrogens is 625 g/mol. The van der Waals surface area contributed by atoms with Crippen LogP contribution in [0.4, 0.5) is 10.2 Å². The van der Waals surface area contributed by atoms with E-state index in [9.17, 15) is 17.6 Å². The molecule has 6 rings (SSSR count). The van der Waals surface area contributed by atoms with Crippen molar-refractivity contribution in [1.29, 1.82) is 0 Å². The molecule has 4 aliphatic rings. The number of aromatic nitrogens is 2. The van der Waals surface area contributed by atoms with E-state index >= 15 is 0 Å². The fraction of sp³-hybridized carbons (Fsp3) is 0.667. The molecular formula is C33H48FN7O5S. The lowest BCUT2D eigenvalue weighted by atomic mass is 9.72. The molecule has 4 fully saturated rings. The summed E-state index contributed by atoms with van der Waals surface area (Å²) >= 11 is 0. The minimum Gasteiger partial charge on any atom is -0.451 e. The molecule has 4 aliphatic heterocycles. The number of likely N-dealkylation sites (tertiary alicyclic amines) is 1. The Labute approximate surface area is 277 Å². The third-order valence-corrected chi connectivity index (χ3v) is 11.6. The van der Waals surface area contributed by atoms with Gasteiger partial charge in [0.25, 0.3) is 16.1 Å². The number of hydrogen-bond donors (Lipinski definition) is 1. The Morgan fingerprint density at radius 3 is 2.45 bits per heavy atom. The molecule has 0 bridgehead atoms. The smallest absolute Gasteiger partial charge is 0.279 e. The summed E-state index contributed by atoms with van der Waals surface area (Å²) in [5, 5.41) is 0. The van der Waals surface area contributed by atoms with Crippen molar-refractivity contribution < 1.29 is 27.1 Å². The number of carbonyl (C=O) groups excluding carboxylic acids is 1. The fourth-order valence-corrected chi connectivity index (χ4v) is 8.78. The third-order valence-electron chi connectivity index (χ3n) is 9.97. The lowest BCUT2D eigenvalue weighted by Crippen LogP contribution is -2.61. The summed E-state index contributed by atoms with van der Waals surface area (Å²) in [6.45, 7) is 13.9. The normalized spacial score (nSPS) is 23.5. The molecule has 4 saturated heterocycles. The number of hydrogen-bond acceptors (Lipinski definition) is 9. The van der Waals surface area contributed by atoms with Gasteiger partial charge >= 0.3 is 0 Å². The predicted octanol–water partition coefficient (Wildman–Crippen LogP) is 3.66. The maximum Gasteiger partial charge on any atom is 0.279 e. The van der Waals surface area contributed by atoms with Gasteiger partial charge in [-0.1, -0.05) is 0 Å². The van der Waals surface area contributed by atoms with Crippen molar-refractivity contribution in [3.8, 4) is 11.5 Å². The minimum absolute atomic E-state index is 0.0660. The third kappa shape index (κ3) is 7.56. The average Bonchev–Trinajstić information content (AvgIpc) is 2.97. The van der Waals surface area contributed by atoms with Crippen molar-refractivity contribution in [1.82, 2.24) is 28.8 Å². The summed E-state index contributed by atoms with van der Waals surface area (Å²) in [6, 6.07) is 3.73. The first-order chi connectivity index (χ1) is 22.4. The van der Waals surface area contributed by atoms with Gasteiger partial charge in [0.1, 0.15) is 17.9 Å². The first kappa shape index (κ1) is 34.0. The van der Waals surface area contributed by atoms with E-state index in [0.717, 1.165) is 64.8 Å². The second kappa shape index (κ2) is 13.9. The van der Waals surface area contributed by atoms with E-state index in [4.69, 9.17) is 9.47 Å². The second-order valence-electron chi connectivity index (χ2n) is 14.1. The molecule has 0 aliphatic carbocycles. The van der Waals surface area contributed by atoms with Crippen LogP contribution in [0.3, 0.4) is 0 Å². The predicted molar refractivity (Wildman–Crippen MR) is 176 cm³/mol. The molecule has 0 unspecified atom stereocenters. The number of piperidine rings is 1. The molecule has 1 spiro atoms. The molecule has 1 aromatic carbocycles. The van der Waals surface area contributed by atoms with Crippen LogP contribution in [0.25, 0.3) is 0 Å². The molecule has 0 radical (unpaired) electrons. The zero-order valence-electron chi connectivity index (χ0n) is 27.9. The van der Waals surface area contributed by atoms with Gasteiger partial charge < -0.3 is 24.2 Å². The Morgan fingerprint density at radius 2 is 1.83 bits per heavy atom. The summed E-state index contributed by atoms with van der Waals surface area (Å²) in [6.07, 6.45) is 7.88. The van der Waals surface area contributed by atoms with Crippen LogP contribution in [-0.2, 0) is 14.9 Å². The van der Waals surface area contributed by atoms with Crippen LogP contribution in [-0.4, -0.2) is 115 Å². The van der Waals surface area contributed by atoms with E-state index in [0.29, 0.717) is 31.3 Å². The quantitative estimate of drug-likeness (QED) is 0.381. The molecule has 2 atom stereocenters. The SMILES string of the molecule is CC(C)N(C(=O)c1cc(F)ccc1Oc1cncnc1N1CC2(CCN(C[C@@H]3CC[C@@H](NS(=O)(=O)N4CCC4)CO3)CC2)C1)C(C)C. The van der Waals surface area contributed by atoms with E-state index in [1.165, 1.54) is 28.8 Å². The molecule has 1 aromatic heterocycles. The molecule has 5 heterocycles. The first-order valence-electron chi connectivity index (χ1n) is 16.9. The highest BCUT2D eigenvalue weighted by atomic mass is 32.2. The van der Waals surface area contributed by atoms with Gasteiger partial charge in [0.05, 0.1) is 24.5 Å². The van der Waals surface area contributed by atoms with Crippen molar-refractivity contribution in [2.75, 3.05) is 57.3 Å². The number of amides is 1. The highest BCUT2D eigenvalue weighted by molar-refractivity contribution is 7.87. The van der Waals surface area contributed by atoms with Crippen molar-refractivity contribution in [3.05, 3.63) is 42.1 Å². The van der Waals surface area contributed by atoms with E-state index in [1.807, 2.05) is 27.7 Å². The van der Waals surface area contributed by atoms with Gasteiger partial charge in [0, 0.05) is 56.3 Å². The van der Waals surface area contributed by atoms with Gasteiger partial charge in [-0.05, 0) is 91.1 Å². The monoisotopic (exact) mass is 673 g/mol. The molecule has 12 nitrogen and oxygen atoms in total. The molecule has 14 heteroatoms. The van der Waals surface area contributed by atoms with Crippen LogP contribution in [0.1, 0.15) is 70.2 Å². The summed E-state index contributed by atoms with van der Waals surface area (Å²) in [7, 11) is -3.39. The largest absolute Gasteiger partial charge is 0.451 e. The van der Waals surface area contributed by atoms with Gasteiger partial charge in [0.2, 0.25) is 0 Å². The topological polar surface area (TPSA) is 120 Å². The van der Waals surface area contributed by atoms with Crippen molar-refractivity contribution in [3.63, 3.8) is 0 Å². The summed E-state index contributed by atoms with van der Waals surface area (Å²) in [5.41, 5.74) is 0.360. The Morgan fingerprint density at radius 1 is 1.11 bits per heavy atom. The number of nitrogens with one attached hydrogen (secondary N) is 1. The number of carbonyl (C=O) groups is 1. The number of rotatable bonds is 11. The Bertz CT molecular complexity index is 1510. The van der Waals surface area contributed by atoms with Crippen LogP contribution in [0.5, 0.6) is 11.5 Å². The van der Waals surface area contributed by atoms with Gasteiger partial charge in [0.15, 0.2) is 11.6 Å². The van der Waals surface area contributed by atoms with E-state index in [2.05, 4.69) is 24.5 Å². The lowest BCUT2D eigenvalue weighted by Gasteiger charge is -2.54. The van der Waals surface area contributed by atoms with Crippen molar-refractivity contribution >= 4 is 21.9 Å². The van der Waals surface area contributed by atoms with Crippen LogP contribution >= 0.6 is 0 Å². The lowest BCUT2D eigenvalue weighted by molar-refractivity contribution is -0.0301. The highest BCUT2D eigenvalue weighted by Crippen LogP contribution is 2.45. The van der Waals surface area contributed by atoms with Crippen LogP contribution in [0.15, 0.2) is 30.7 Å². The van der Waals surface area contributed by atoms with Gasteiger partial charge in [-0.15, -0.1) is 0 Å². The van der Waals surface area contributed by atoms with Crippen LogP contribution in [0, 0.1) is 11.2 Å². The maximum atomic E-state index is 14.4. The minimum atomic E-state index is -3.39. The van der Waals surface area contributed by atoms with Gasteiger partial charge in [-0.25, -0.2) is 14.4 Å². The molecule has 258 valence electrons. The summed E-state index contributed by atoms with van der Waals surface area (Å²) in [4.78, 5) is 28.6. The number of halogens is 1. The van der Waals surface area contributed by atoms with Crippen LogP contribution in [0.2, 0.25) is 0 Å². The zero-order valence-corrected chi connectivity index (χ0v) is 28.7. The fourth-order valence-electron chi connectivity index (χ4n) is 7.28. The molecule has 47 heavy (non-hydrogen) atoms. The van der Waals surface area contributed by atoms with E-state index in [1.54, 1.807) is 11.1 Å². The molecule has 1 amide bonds. The highest BCUT2D eigenvalue weighted by Gasteiger charge is 2.46. The number of anilines is 1. The standard InChI is InChI=1S/C33H48FN7O5S/c1-23(2)41(24(3)4)32(42)28-16-25(34)6-9-29(28)46-30-17-35-22-36-31(30)39-20-33(21-39)10-14-38(15-11-33)18-27-8-7-26(19-45-27)37-47(43,44)40-12-5-13-40/h6,9,16-17,22-24,26-27,37H,5,7-8,10-15,18-21H2,1-4H3/t26-,27+/m1/s1. The molecule has 0 saturated carbocycles. The van der Waals surface area contributed by atoms with Gasteiger partial charge in [-0.3, -0.25) is 4.79 Å². The van der Waals surface area contributed by atoms with Gasteiger partial charge in [-0.2, -0.15) is 17.4 Å². The van der Waals surface area contributed by atoms with Crippen molar-refractivity contribution in [2.24, 2.45) is 5.41 Å². The van der Waals surface area contributed by atoms with Crippen molar-refractivity contribution in [2.45, 2.75) is 84.0 Å². The Kier molecular flexibility index (Phi) is 10.1. The number of benzene rings is 1. The Hall–Kier alpha value is -2.91. The second-order valence-corrected chi connectivity index (χ2v) is 15.8. The summed E-state index contributed by atoms with van der Waals surface area (Å²) < 4.78 is 55.8. The van der Waals surface area contributed by atoms with E-state index < -0.39 is 16.0 Å². The molecule has 2 aromatic rings. The first-order valence-corrected chi connectivity index (χ1v) is 18.3. The summed E-state index contributed by atoms with van der Waals surface area (Å²) in [5.74, 6) is 0.573. The number of ether oxygens (including phenoxy) is 2. The number of nitrogens with zero attached hydrogens (tertiary/aromatic N) is 6. The maximum absolute atomic E-state index is 14.4. The van der Waals surface area contributed by atoms with E-state index in [-0.39, 0.29) is 46.9 Å². The Balaban J connectivity index is 1.02. The molecule has 1 N–H and O–H groups in total. The zero-order chi connectivity index (χ0) is 33.3.